The molecule has 1 saturated carbocycles. The second-order valence-corrected chi connectivity index (χ2v) is 4.93. The first kappa shape index (κ1) is 14.0. The molecule has 8 N–H and O–H groups in total. The topological polar surface area (TPSA) is 174 Å². The van der Waals surface area contributed by atoms with E-state index in [-0.39, 0.29) is 0 Å². The molecule has 1 fully saturated rings. The largest absolute Gasteiger partial charge is 0.400 e. The maximum absolute atomic E-state index is 10.7. The van der Waals surface area contributed by atoms with Gasteiger partial charge in [-0.25, -0.2) is 10.1 Å². The van der Waals surface area contributed by atoms with Crippen LogP contribution in [0.1, 0.15) is 0 Å². The molecule has 0 heterocycles. The fraction of sp³-hybridized carbons (Fsp3) is 1.00. The van der Waals surface area contributed by atoms with Crippen molar-refractivity contribution in [3.05, 3.63) is 0 Å². The first-order valence-electron chi connectivity index (χ1n) is 4.35. The molecule has 1 aliphatic rings. The summed E-state index contributed by atoms with van der Waals surface area (Å²) in [6, 6.07) is 0. The fourth-order valence-electron chi connectivity index (χ4n) is 1.50. The summed E-state index contributed by atoms with van der Waals surface area (Å²) in [4.78, 5) is 8.71. The molecule has 0 aliphatic heterocycles. The van der Waals surface area contributed by atoms with Gasteiger partial charge in [-0.2, -0.15) is 0 Å². The number of aliphatic hydroxyl groups excluding tert-OH is 5. The van der Waals surface area contributed by atoms with Gasteiger partial charge >= 0.3 is 7.75 Å². The highest BCUT2D eigenvalue weighted by Gasteiger charge is 2.50. The Morgan fingerprint density at radius 2 is 1.19 bits per heavy atom. The average molecular weight is 259 g/mol. The molecule has 0 aromatic rings. The first-order chi connectivity index (χ1) is 7.15. The Labute approximate surface area is 90.3 Å². The molecule has 0 aromatic carbocycles. The van der Waals surface area contributed by atoms with Crippen LogP contribution in [0, 0.1) is 0 Å². The van der Waals surface area contributed by atoms with Gasteiger partial charge < -0.3 is 30.4 Å². The van der Waals surface area contributed by atoms with E-state index in [9.17, 15) is 25.0 Å². The molecular weight excluding hydrogens is 245 g/mol. The Balaban J connectivity index is 2.87. The molecule has 0 bridgehead atoms. The quantitative estimate of drug-likeness (QED) is 0.246. The van der Waals surface area contributed by atoms with Crippen LogP contribution in [0.15, 0.2) is 0 Å². The normalized spacial score (nSPS) is 48.7. The zero-order valence-corrected chi connectivity index (χ0v) is 8.88. The predicted molar refractivity (Wildman–Crippen MR) is 48.9 cm³/mol. The van der Waals surface area contributed by atoms with Crippen LogP contribution < -0.4 is 5.50 Å². The van der Waals surface area contributed by atoms with E-state index in [4.69, 9.17) is 10.00 Å². The predicted octanol–water partition coefficient (Wildman–Crippen LogP) is -3.75. The summed E-state index contributed by atoms with van der Waals surface area (Å²) in [6.07, 6.45) is -10.9. The summed E-state index contributed by atoms with van der Waals surface area (Å²) < 4.78 is 15.0. The summed E-state index contributed by atoms with van der Waals surface area (Å²) in [7, 11) is -4.51. The second kappa shape index (κ2) is 4.65. The van der Waals surface area contributed by atoms with Gasteiger partial charge in [-0.1, -0.05) is 0 Å². The van der Waals surface area contributed by atoms with E-state index < -0.39 is 44.4 Å². The summed E-state index contributed by atoms with van der Waals surface area (Å²) in [5.41, 5.74) is 4.66. The van der Waals surface area contributed by atoms with Gasteiger partial charge in [0.05, 0.1) is 0 Å². The van der Waals surface area contributed by atoms with Crippen molar-refractivity contribution in [3.8, 4) is 0 Å². The van der Waals surface area contributed by atoms with Gasteiger partial charge in [0.25, 0.3) is 0 Å². The molecule has 0 amide bonds. The van der Waals surface area contributed by atoms with Gasteiger partial charge in [0.2, 0.25) is 0 Å². The van der Waals surface area contributed by atoms with Crippen molar-refractivity contribution in [3.63, 3.8) is 0 Å². The summed E-state index contributed by atoms with van der Waals surface area (Å²) in [6.45, 7) is 0. The van der Waals surface area contributed by atoms with Crippen LogP contribution in [0.5, 0.6) is 0 Å². The Bertz CT molecular complexity index is 278. The SMILES string of the molecule is NP(=O)(O)OC1[C@H](O)[C@H](O)C(O)[C@H](O)[C@H]1O. The Kier molecular flexibility index (Phi) is 4.06. The van der Waals surface area contributed by atoms with Gasteiger partial charge in [0, 0.05) is 0 Å². The molecule has 9 nitrogen and oxygen atoms in total. The van der Waals surface area contributed by atoms with Crippen molar-refractivity contribution in [1.29, 1.82) is 0 Å². The highest BCUT2D eigenvalue weighted by molar-refractivity contribution is 7.50. The van der Waals surface area contributed by atoms with Crippen molar-refractivity contribution < 1.29 is 39.5 Å². The Morgan fingerprint density at radius 1 is 0.875 bits per heavy atom. The second-order valence-electron chi connectivity index (χ2n) is 3.59. The van der Waals surface area contributed by atoms with E-state index in [0.29, 0.717) is 0 Å². The summed E-state index contributed by atoms with van der Waals surface area (Å²) >= 11 is 0. The first-order valence-corrected chi connectivity index (χ1v) is 6.00. The number of aliphatic hydroxyl groups is 5. The molecule has 3 unspecified atom stereocenters. The van der Waals surface area contributed by atoms with Crippen molar-refractivity contribution in [2.24, 2.45) is 5.50 Å². The van der Waals surface area contributed by atoms with Gasteiger partial charge in [0.1, 0.15) is 36.6 Å². The third kappa shape index (κ3) is 2.77. The zero-order valence-electron chi connectivity index (χ0n) is 7.99. The van der Waals surface area contributed by atoms with E-state index >= 15 is 0 Å². The number of hydrogen-bond acceptors (Lipinski definition) is 7. The average Bonchev–Trinajstić information content (AvgIpc) is 2.17. The lowest BCUT2D eigenvalue weighted by molar-refractivity contribution is -0.218. The molecule has 0 aromatic heterocycles. The number of rotatable bonds is 2. The van der Waals surface area contributed by atoms with Crippen LogP contribution in [0.4, 0.5) is 0 Å². The van der Waals surface area contributed by atoms with Crippen LogP contribution in [0.3, 0.4) is 0 Å². The number of hydrogen-bond donors (Lipinski definition) is 7. The van der Waals surface area contributed by atoms with E-state index in [0.717, 1.165) is 0 Å². The lowest BCUT2D eigenvalue weighted by Gasteiger charge is -2.41. The minimum Gasteiger partial charge on any atom is -0.387 e. The highest BCUT2D eigenvalue weighted by atomic mass is 31.2. The van der Waals surface area contributed by atoms with Gasteiger partial charge in [0.15, 0.2) is 0 Å². The maximum Gasteiger partial charge on any atom is 0.400 e. The molecule has 0 saturated heterocycles. The van der Waals surface area contributed by atoms with Crippen LogP contribution in [-0.2, 0) is 9.09 Å². The van der Waals surface area contributed by atoms with E-state index in [2.05, 4.69) is 10.0 Å². The lowest BCUT2D eigenvalue weighted by atomic mass is 9.85. The molecule has 1 aliphatic carbocycles. The van der Waals surface area contributed by atoms with Crippen molar-refractivity contribution in [2.75, 3.05) is 0 Å². The number of nitrogens with two attached hydrogens (primary N) is 1. The Morgan fingerprint density at radius 3 is 1.50 bits per heavy atom. The third-order valence-corrected chi connectivity index (χ3v) is 2.89. The van der Waals surface area contributed by atoms with E-state index in [1.807, 2.05) is 0 Å². The molecule has 0 spiro atoms. The van der Waals surface area contributed by atoms with Crippen LogP contribution >= 0.6 is 7.75 Å². The fourth-order valence-corrected chi connectivity index (χ4v) is 2.09. The zero-order chi connectivity index (χ0) is 12.7. The monoisotopic (exact) mass is 259 g/mol. The Hall–Kier alpha value is -0.0900. The van der Waals surface area contributed by atoms with Crippen LogP contribution in [0.2, 0.25) is 0 Å². The van der Waals surface area contributed by atoms with Crippen LogP contribution in [0.25, 0.3) is 0 Å². The molecule has 10 heteroatoms. The van der Waals surface area contributed by atoms with E-state index in [1.54, 1.807) is 0 Å². The van der Waals surface area contributed by atoms with Gasteiger partial charge in [-0.15, -0.1) is 0 Å². The van der Waals surface area contributed by atoms with Crippen molar-refractivity contribution in [1.82, 2.24) is 0 Å². The maximum atomic E-state index is 10.7. The molecule has 16 heavy (non-hydrogen) atoms. The van der Waals surface area contributed by atoms with Crippen molar-refractivity contribution in [2.45, 2.75) is 36.6 Å². The van der Waals surface area contributed by atoms with E-state index in [1.165, 1.54) is 0 Å². The minimum absolute atomic E-state index is 1.77. The molecular formula is C6H14NO8P. The smallest absolute Gasteiger partial charge is 0.387 e. The summed E-state index contributed by atoms with van der Waals surface area (Å²) in [5.74, 6) is 0. The summed E-state index contributed by atoms with van der Waals surface area (Å²) in [5, 5.41) is 46.4. The van der Waals surface area contributed by atoms with Crippen molar-refractivity contribution >= 4 is 7.75 Å². The van der Waals surface area contributed by atoms with Gasteiger partial charge in [-0.05, 0) is 0 Å². The lowest BCUT2D eigenvalue weighted by Crippen LogP contribution is -2.64. The molecule has 1 rings (SSSR count). The highest BCUT2D eigenvalue weighted by Crippen LogP contribution is 2.38. The van der Waals surface area contributed by atoms with Crippen LogP contribution in [-0.4, -0.2) is 67.0 Å². The molecule has 0 radical (unpaired) electrons. The van der Waals surface area contributed by atoms with Gasteiger partial charge in [-0.3, -0.25) is 4.52 Å². The third-order valence-electron chi connectivity index (χ3n) is 2.35. The minimum atomic E-state index is -4.51. The molecule has 96 valence electrons. The standard InChI is InChI=1S/C6H14NO8P/c7-16(13,14)15-6-4(11)2(9)1(8)3(10)5(6)12/h1-6,8-12H,(H3,7,13,14)/t1?,2-,3+,4-,5-,6?/m1/s1. The molecule has 7 atom stereocenters.